The van der Waals surface area contributed by atoms with E-state index in [4.69, 9.17) is 16.3 Å². The first-order chi connectivity index (χ1) is 9.37. The third-order valence-electron chi connectivity index (χ3n) is 3.23. The molecule has 1 heterocycles. The van der Waals surface area contributed by atoms with Crippen LogP contribution < -0.4 is 10.1 Å². The number of nitrogens with zero attached hydrogens (tertiary/aromatic N) is 1. The summed E-state index contributed by atoms with van der Waals surface area (Å²) in [7, 11) is -2.10. The Kier molecular flexibility index (Phi) is 6.77. The van der Waals surface area contributed by atoms with Gasteiger partial charge in [-0.1, -0.05) is 11.6 Å². The predicted octanol–water partition coefficient (Wildman–Crippen LogP) is 2.52. The van der Waals surface area contributed by atoms with Crippen LogP contribution in [0, 0.1) is 0 Å². The molecule has 0 bridgehead atoms. The second-order valence-corrected chi connectivity index (χ2v) is 7.71. The highest BCUT2D eigenvalue weighted by Crippen LogP contribution is 2.35. The molecule has 1 fully saturated rings. The molecule has 1 atom stereocenters. The van der Waals surface area contributed by atoms with E-state index in [1.165, 1.54) is 17.5 Å². The van der Waals surface area contributed by atoms with Gasteiger partial charge >= 0.3 is 0 Å². The first-order valence-corrected chi connectivity index (χ1v) is 8.74. The minimum atomic E-state index is -3.58. The van der Waals surface area contributed by atoms with Crippen molar-refractivity contribution in [2.45, 2.75) is 17.9 Å². The average molecular weight is 420 g/mol. The lowest BCUT2D eigenvalue weighted by Gasteiger charge is -2.33. The third kappa shape index (κ3) is 3.83. The van der Waals surface area contributed by atoms with Crippen molar-refractivity contribution in [2.24, 2.45) is 0 Å². The minimum Gasteiger partial charge on any atom is -0.495 e. The molecule has 1 aromatic carbocycles. The maximum atomic E-state index is 12.7. The van der Waals surface area contributed by atoms with Gasteiger partial charge in [-0.05, 0) is 35.0 Å². The van der Waals surface area contributed by atoms with Crippen LogP contribution in [0.2, 0.25) is 5.02 Å². The van der Waals surface area contributed by atoms with Gasteiger partial charge in [0, 0.05) is 30.1 Å². The van der Waals surface area contributed by atoms with Crippen LogP contribution in [0.25, 0.3) is 0 Å². The minimum absolute atomic E-state index is 0. The summed E-state index contributed by atoms with van der Waals surface area (Å²) >= 11 is 9.33. The quantitative estimate of drug-likeness (QED) is 0.817. The summed E-state index contributed by atoms with van der Waals surface area (Å²) in [6.45, 7) is 3.61. The summed E-state index contributed by atoms with van der Waals surface area (Å²) in [6.07, 6.45) is 0. The van der Waals surface area contributed by atoms with Gasteiger partial charge in [-0.2, -0.15) is 4.31 Å². The van der Waals surface area contributed by atoms with Crippen molar-refractivity contribution in [1.82, 2.24) is 9.62 Å². The standard InChI is InChI=1S/C12H16BrClN2O3S.ClH/c1-8-7-15-3-4-16(8)20(17,18)12-6-10(14)11(19-2)5-9(12)13;/h5-6,8,15H,3-4,7H2,1-2H3;1H. The van der Waals surface area contributed by atoms with Crippen molar-refractivity contribution < 1.29 is 13.2 Å². The van der Waals surface area contributed by atoms with E-state index in [0.717, 1.165) is 0 Å². The summed E-state index contributed by atoms with van der Waals surface area (Å²) in [5, 5.41) is 3.44. The largest absolute Gasteiger partial charge is 0.495 e. The maximum absolute atomic E-state index is 12.7. The van der Waals surface area contributed by atoms with E-state index < -0.39 is 10.0 Å². The fraction of sp³-hybridized carbons (Fsp3) is 0.500. The van der Waals surface area contributed by atoms with E-state index in [2.05, 4.69) is 21.2 Å². The Balaban J connectivity index is 0.00000220. The van der Waals surface area contributed by atoms with Gasteiger partial charge in [0.05, 0.1) is 17.0 Å². The van der Waals surface area contributed by atoms with Gasteiger partial charge in [-0.25, -0.2) is 8.42 Å². The fourth-order valence-electron chi connectivity index (χ4n) is 2.17. The molecule has 2 rings (SSSR count). The lowest BCUT2D eigenvalue weighted by Crippen LogP contribution is -2.52. The van der Waals surface area contributed by atoms with Crippen molar-refractivity contribution in [3.63, 3.8) is 0 Å². The molecule has 1 aliphatic heterocycles. The molecule has 0 amide bonds. The SMILES string of the molecule is COc1cc(Br)c(S(=O)(=O)N2CCNCC2C)cc1Cl.Cl. The van der Waals surface area contributed by atoms with Crippen molar-refractivity contribution in [3.8, 4) is 5.75 Å². The highest BCUT2D eigenvalue weighted by atomic mass is 79.9. The molecule has 0 saturated carbocycles. The Morgan fingerprint density at radius 2 is 2.14 bits per heavy atom. The smallest absolute Gasteiger partial charge is 0.244 e. The van der Waals surface area contributed by atoms with E-state index in [9.17, 15) is 8.42 Å². The number of hydrogen-bond acceptors (Lipinski definition) is 4. The van der Waals surface area contributed by atoms with Gasteiger partial charge in [0.25, 0.3) is 0 Å². The second-order valence-electron chi connectivity index (χ2n) is 4.59. The Bertz CT molecular complexity index is 613. The zero-order valence-corrected chi connectivity index (χ0v) is 15.6. The molecule has 1 unspecified atom stereocenters. The Morgan fingerprint density at radius 3 is 2.71 bits per heavy atom. The molecule has 1 aromatic rings. The fourth-order valence-corrected chi connectivity index (χ4v) is 5.12. The molecular formula is C12H17BrCl2N2O3S. The zero-order chi connectivity index (χ0) is 14.9. The first kappa shape index (κ1) is 19.0. The van der Waals surface area contributed by atoms with Crippen molar-refractivity contribution >= 4 is 50.0 Å². The second kappa shape index (κ2) is 7.48. The lowest BCUT2D eigenvalue weighted by atomic mass is 10.3. The van der Waals surface area contributed by atoms with Crippen LogP contribution in [0.3, 0.4) is 0 Å². The third-order valence-corrected chi connectivity index (χ3v) is 6.50. The number of sulfonamides is 1. The molecule has 0 spiro atoms. The van der Waals surface area contributed by atoms with Crippen LogP contribution >= 0.6 is 39.9 Å². The van der Waals surface area contributed by atoms with Crippen LogP contribution in [-0.4, -0.2) is 45.5 Å². The van der Waals surface area contributed by atoms with E-state index in [0.29, 0.717) is 29.9 Å². The van der Waals surface area contributed by atoms with Gasteiger partial charge in [-0.15, -0.1) is 12.4 Å². The first-order valence-electron chi connectivity index (χ1n) is 6.13. The van der Waals surface area contributed by atoms with Gasteiger partial charge in [0.15, 0.2) is 0 Å². The summed E-state index contributed by atoms with van der Waals surface area (Å²) in [4.78, 5) is 0.164. The molecular weight excluding hydrogens is 403 g/mol. The molecule has 120 valence electrons. The average Bonchev–Trinajstić information content (AvgIpc) is 2.41. The molecule has 1 saturated heterocycles. The van der Waals surface area contributed by atoms with Crippen LogP contribution in [0.4, 0.5) is 0 Å². The van der Waals surface area contributed by atoms with Gasteiger partial charge in [-0.3, -0.25) is 0 Å². The van der Waals surface area contributed by atoms with Gasteiger partial charge < -0.3 is 10.1 Å². The lowest BCUT2D eigenvalue weighted by molar-refractivity contribution is 0.283. The summed E-state index contributed by atoms with van der Waals surface area (Å²) in [5.41, 5.74) is 0. The number of hydrogen-bond donors (Lipinski definition) is 1. The van der Waals surface area contributed by atoms with Crippen LogP contribution in [0.15, 0.2) is 21.5 Å². The molecule has 0 aromatic heterocycles. The molecule has 21 heavy (non-hydrogen) atoms. The van der Waals surface area contributed by atoms with Crippen molar-refractivity contribution in [3.05, 3.63) is 21.6 Å². The predicted molar refractivity (Wildman–Crippen MR) is 89.2 cm³/mol. The number of ether oxygens (including phenoxy) is 1. The molecule has 1 N–H and O–H groups in total. The van der Waals surface area contributed by atoms with E-state index in [1.54, 1.807) is 6.07 Å². The number of piperazine rings is 1. The highest BCUT2D eigenvalue weighted by molar-refractivity contribution is 9.10. The molecule has 0 aliphatic carbocycles. The summed E-state index contributed by atoms with van der Waals surface area (Å²) < 4.78 is 32.5. The van der Waals surface area contributed by atoms with Gasteiger partial charge in [0.2, 0.25) is 10.0 Å². The Hall–Kier alpha value is -0.0500. The number of halogens is 3. The normalized spacial score (nSPS) is 19.9. The van der Waals surface area contributed by atoms with Crippen LogP contribution in [0.5, 0.6) is 5.75 Å². The maximum Gasteiger partial charge on any atom is 0.244 e. The van der Waals surface area contributed by atoms with Crippen LogP contribution in [-0.2, 0) is 10.0 Å². The number of benzene rings is 1. The van der Waals surface area contributed by atoms with Gasteiger partial charge in [0.1, 0.15) is 5.75 Å². The molecule has 0 radical (unpaired) electrons. The summed E-state index contributed by atoms with van der Waals surface area (Å²) in [5.74, 6) is 0.436. The highest BCUT2D eigenvalue weighted by Gasteiger charge is 2.32. The zero-order valence-electron chi connectivity index (χ0n) is 11.6. The molecule has 1 aliphatic rings. The van der Waals surface area contributed by atoms with Crippen molar-refractivity contribution in [2.75, 3.05) is 26.7 Å². The molecule has 9 heteroatoms. The Morgan fingerprint density at radius 1 is 1.48 bits per heavy atom. The number of methoxy groups -OCH3 is 1. The topological polar surface area (TPSA) is 58.6 Å². The number of nitrogens with one attached hydrogen (secondary N) is 1. The Labute approximate surface area is 144 Å². The summed E-state index contributed by atoms with van der Waals surface area (Å²) in [6, 6.07) is 2.90. The van der Waals surface area contributed by atoms with Crippen LogP contribution in [0.1, 0.15) is 6.92 Å². The molecule has 5 nitrogen and oxygen atoms in total. The van der Waals surface area contributed by atoms with E-state index in [-0.39, 0.29) is 28.4 Å². The monoisotopic (exact) mass is 418 g/mol. The number of rotatable bonds is 3. The van der Waals surface area contributed by atoms with E-state index in [1.807, 2.05) is 6.92 Å². The van der Waals surface area contributed by atoms with E-state index >= 15 is 0 Å². The van der Waals surface area contributed by atoms with Crippen molar-refractivity contribution in [1.29, 1.82) is 0 Å².